The Kier molecular flexibility index (Phi) is 12.1. The van der Waals surface area contributed by atoms with Crippen molar-refractivity contribution in [2.75, 3.05) is 6.61 Å². The van der Waals surface area contributed by atoms with Crippen LogP contribution in [0.1, 0.15) is 71.6 Å². The van der Waals surface area contributed by atoms with E-state index in [9.17, 15) is 4.79 Å². The van der Waals surface area contributed by atoms with Crippen LogP contribution in [0.25, 0.3) is 0 Å². The normalized spacial score (nSPS) is 12.1. The Bertz CT molecular complexity index is 211. The van der Waals surface area contributed by atoms with Crippen LogP contribution in [0.3, 0.4) is 0 Å². The zero-order valence-corrected chi connectivity index (χ0v) is 12.2. The molecule has 1 unspecified atom stereocenters. The highest BCUT2D eigenvalue weighted by Gasteiger charge is 2.05. The molecule has 0 aromatic carbocycles. The molecule has 0 aliphatic carbocycles. The number of hydrogen-bond donors (Lipinski definition) is 0. The van der Waals surface area contributed by atoms with Crippen molar-refractivity contribution in [2.24, 2.45) is 5.92 Å². The van der Waals surface area contributed by atoms with Gasteiger partial charge in [-0.05, 0) is 25.2 Å². The van der Waals surface area contributed by atoms with E-state index in [-0.39, 0.29) is 5.97 Å². The molecule has 0 saturated carbocycles. The molecule has 0 heterocycles. The summed E-state index contributed by atoms with van der Waals surface area (Å²) >= 11 is 0. The molecule has 0 spiro atoms. The molecule has 0 aromatic heterocycles. The largest absolute Gasteiger partial charge is 0.465 e. The van der Waals surface area contributed by atoms with E-state index in [4.69, 9.17) is 4.74 Å². The minimum atomic E-state index is -0.0260. The van der Waals surface area contributed by atoms with Crippen molar-refractivity contribution in [3.63, 3.8) is 0 Å². The molecule has 106 valence electrons. The Hall–Kier alpha value is -0.790. The first-order chi connectivity index (χ1) is 8.70. The van der Waals surface area contributed by atoms with Crippen molar-refractivity contribution in [1.82, 2.24) is 0 Å². The maximum absolute atomic E-state index is 11.4. The average molecular weight is 254 g/mol. The van der Waals surface area contributed by atoms with E-state index in [1.165, 1.54) is 25.7 Å². The lowest BCUT2D eigenvalue weighted by atomic mass is 10.1. The molecule has 1 atom stereocenters. The summed E-state index contributed by atoms with van der Waals surface area (Å²) in [5.41, 5.74) is 0. The first kappa shape index (κ1) is 17.2. The van der Waals surface area contributed by atoms with Gasteiger partial charge in [-0.15, -0.1) is 6.58 Å². The first-order valence-electron chi connectivity index (χ1n) is 7.47. The predicted molar refractivity (Wildman–Crippen MR) is 77.5 cm³/mol. The fourth-order valence-corrected chi connectivity index (χ4v) is 1.69. The van der Waals surface area contributed by atoms with Crippen molar-refractivity contribution in [3.05, 3.63) is 12.7 Å². The van der Waals surface area contributed by atoms with Gasteiger partial charge in [-0.25, -0.2) is 0 Å². The Morgan fingerprint density at radius 3 is 2.39 bits per heavy atom. The second kappa shape index (κ2) is 12.7. The van der Waals surface area contributed by atoms with Crippen molar-refractivity contribution in [1.29, 1.82) is 0 Å². The molecule has 0 saturated heterocycles. The van der Waals surface area contributed by atoms with Crippen LogP contribution in [0.4, 0.5) is 0 Å². The van der Waals surface area contributed by atoms with Gasteiger partial charge in [0.05, 0.1) is 6.61 Å². The zero-order valence-electron chi connectivity index (χ0n) is 12.2. The molecule has 0 fully saturated rings. The van der Waals surface area contributed by atoms with E-state index in [1.54, 1.807) is 0 Å². The van der Waals surface area contributed by atoms with Gasteiger partial charge in [0.25, 0.3) is 0 Å². The lowest BCUT2D eigenvalue weighted by Crippen LogP contribution is -2.11. The van der Waals surface area contributed by atoms with Crippen LogP contribution in [-0.4, -0.2) is 12.6 Å². The monoisotopic (exact) mass is 254 g/mol. The lowest BCUT2D eigenvalue weighted by molar-refractivity contribution is -0.145. The van der Waals surface area contributed by atoms with E-state index >= 15 is 0 Å². The Labute approximate surface area is 113 Å². The number of carbonyl (C=O) groups is 1. The van der Waals surface area contributed by atoms with Crippen LogP contribution >= 0.6 is 0 Å². The van der Waals surface area contributed by atoms with Crippen molar-refractivity contribution < 1.29 is 9.53 Å². The van der Waals surface area contributed by atoms with Crippen molar-refractivity contribution >= 4 is 5.97 Å². The molecule has 18 heavy (non-hydrogen) atoms. The van der Waals surface area contributed by atoms with E-state index in [0.29, 0.717) is 18.9 Å². The Morgan fingerprint density at radius 2 is 1.78 bits per heavy atom. The fourth-order valence-electron chi connectivity index (χ4n) is 1.69. The molecule has 0 aromatic rings. The molecule has 0 aliphatic rings. The van der Waals surface area contributed by atoms with Gasteiger partial charge < -0.3 is 4.74 Å². The number of rotatable bonds is 12. The Morgan fingerprint density at radius 1 is 1.17 bits per heavy atom. The third-order valence-electron chi connectivity index (χ3n) is 3.26. The third-order valence-corrected chi connectivity index (χ3v) is 3.26. The molecule has 2 heteroatoms. The quantitative estimate of drug-likeness (QED) is 0.282. The smallest absolute Gasteiger partial charge is 0.305 e. The summed E-state index contributed by atoms with van der Waals surface area (Å²) in [5.74, 6) is 0.459. The molecule has 0 N–H and O–H groups in total. The summed E-state index contributed by atoms with van der Waals surface area (Å²) in [5, 5.41) is 0. The summed E-state index contributed by atoms with van der Waals surface area (Å²) in [6.07, 6.45) is 11.9. The topological polar surface area (TPSA) is 26.3 Å². The third kappa shape index (κ3) is 11.7. The number of unbranched alkanes of at least 4 members (excludes halogenated alkanes) is 6. The molecule has 0 rings (SSSR count). The number of esters is 1. The van der Waals surface area contributed by atoms with Gasteiger partial charge in [-0.2, -0.15) is 0 Å². The number of carbonyl (C=O) groups excluding carboxylic acids is 1. The first-order valence-corrected chi connectivity index (χ1v) is 7.47. The maximum atomic E-state index is 11.4. The highest BCUT2D eigenvalue weighted by molar-refractivity contribution is 5.69. The maximum Gasteiger partial charge on any atom is 0.305 e. The summed E-state index contributed by atoms with van der Waals surface area (Å²) < 4.78 is 5.20. The van der Waals surface area contributed by atoms with Gasteiger partial charge in [0, 0.05) is 6.42 Å². The highest BCUT2D eigenvalue weighted by atomic mass is 16.5. The minimum Gasteiger partial charge on any atom is -0.465 e. The van der Waals surface area contributed by atoms with Crippen LogP contribution in [0.5, 0.6) is 0 Å². The van der Waals surface area contributed by atoms with Crippen LogP contribution in [0.2, 0.25) is 0 Å². The molecule has 0 amide bonds. The van der Waals surface area contributed by atoms with Crippen LogP contribution in [0, 0.1) is 5.92 Å². The van der Waals surface area contributed by atoms with Gasteiger partial charge in [-0.3, -0.25) is 4.79 Å². The second-order valence-electron chi connectivity index (χ2n) is 5.15. The van der Waals surface area contributed by atoms with Gasteiger partial charge in [0.1, 0.15) is 0 Å². The SMILES string of the molecule is C=CCCCCCCCCC(=O)OCC(C)CC. The van der Waals surface area contributed by atoms with Crippen molar-refractivity contribution in [3.8, 4) is 0 Å². The molecular weight excluding hydrogens is 224 g/mol. The minimum absolute atomic E-state index is 0.0260. The fraction of sp³-hybridized carbons (Fsp3) is 0.812. The average Bonchev–Trinajstić information content (AvgIpc) is 2.39. The number of allylic oxidation sites excluding steroid dienone is 1. The predicted octanol–water partition coefficient (Wildman–Crippen LogP) is 4.88. The molecule has 0 bridgehead atoms. The number of ether oxygens (including phenoxy) is 1. The standard InChI is InChI=1S/C16H30O2/c1-4-6-7-8-9-10-11-12-13-16(17)18-14-15(3)5-2/h4,15H,1,5-14H2,2-3H3. The van der Waals surface area contributed by atoms with Gasteiger partial charge in [0.15, 0.2) is 0 Å². The van der Waals surface area contributed by atoms with Crippen molar-refractivity contribution in [2.45, 2.75) is 71.6 Å². The second-order valence-corrected chi connectivity index (χ2v) is 5.15. The van der Waals surface area contributed by atoms with E-state index in [1.807, 2.05) is 6.08 Å². The zero-order chi connectivity index (χ0) is 13.6. The van der Waals surface area contributed by atoms with Gasteiger partial charge in [-0.1, -0.05) is 52.0 Å². The molecule has 0 radical (unpaired) electrons. The highest BCUT2D eigenvalue weighted by Crippen LogP contribution is 2.09. The van der Waals surface area contributed by atoms with E-state index in [0.717, 1.165) is 25.7 Å². The Balaban J connectivity index is 3.22. The molecular formula is C16H30O2. The van der Waals surface area contributed by atoms with Gasteiger partial charge in [0.2, 0.25) is 0 Å². The van der Waals surface area contributed by atoms with Crippen LogP contribution < -0.4 is 0 Å². The summed E-state index contributed by atoms with van der Waals surface area (Å²) in [4.78, 5) is 11.4. The lowest BCUT2D eigenvalue weighted by Gasteiger charge is -2.09. The summed E-state index contributed by atoms with van der Waals surface area (Å²) in [7, 11) is 0. The molecule has 0 aliphatic heterocycles. The van der Waals surface area contributed by atoms with Crippen LogP contribution in [0.15, 0.2) is 12.7 Å². The van der Waals surface area contributed by atoms with Crippen LogP contribution in [-0.2, 0) is 9.53 Å². The summed E-state index contributed by atoms with van der Waals surface area (Å²) in [6, 6.07) is 0. The summed E-state index contributed by atoms with van der Waals surface area (Å²) in [6.45, 7) is 8.52. The van der Waals surface area contributed by atoms with E-state index < -0.39 is 0 Å². The molecule has 2 nitrogen and oxygen atoms in total. The van der Waals surface area contributed by atoms with Gasteiger partial charge >= 0.3 is 5.97 Å². The number of hydrogen-bond acceptors (Lipinski definition) is 2. The van der Waals surface area contributed by atoms with E-state index in [2.05, 4.69) is 20.4 Å².